The number of carbonyl (C=O) groups is 1. The molecule has 7 nitrogen and oxygen atoms in total. The quantitative estimate of drug-likeness (QED) is 0.854. The molecule has 1 aromatic heterocycles. The number of aromatic amines is 1. The molecule has 2 fully saturated rings. The molecule has 0 radical (unpaired) electrons. The first-order valence-electron chi connectivity index (χ1n) is 7.71. The van der Waals surface area contributed by atoms with Crippen molar-refractivity contribution in [2.75, 3.05) is 46.4 Å². The Labute approximate surface area is 124 Å². The van der Waals surface area contributed by atoms with E-state index in [2.05, 4.69) is 20.1 Å². The third-order valence-corrected chi connectivity index (χ3v) is 4.15. The summed E-state index contributed by atoms with van der Waals surface area (Å²) in [5.74, 6) is 1.64. The van der Waals surface area contributed by atoms with Crippen molar-refractivity contribution >= 4 is 5.91 Å². The second-order valence-corrected chi connectivity index (χ2v) is 5.80. The summed E-state index contributed by atoms with van der Waals surface area (Å²) < 4.78 is 5.11. The van der Waals surface area contributed by atoms with Gasteiger partial charge in [-0.05, 0) is 25.8 Å². The third-order valence-electron chi connectivity index (χ3n) is 4.15. The highest BCUT2D eigenvalue weighted by atomic mass is 16.5. The standard InChI is InChI=1S/C14H23N5O2/c1-21-10-9-18-5-2-6-19(8-7-18)14(20)13-15-12(16-17-13)11-3-4-11/h11H,2-10H2,1H3,(H,15,16,17). The van der Waals surface area contributed by atoms with Gasteiger partial charge in [0.1, 0.15) is 5.82 Å². The molecule has 1 N–H and O–H groups in total. The second-order valence-electron chi connectivity index (χ2n) is 5.80. The van der Waals surface area contributed by atoms with Crippen molar-refractivity contribution in [1.82, 2.24) is 25.0 Å². The van der Waals surface area contributed by atoms with Gasteiger partial charge in [-0.3, -0.25) is 14.8 Å². The van der Waals surface area contributed by atoms with E-state index in [0.717, 1.165) is 64.4 Å². The van der Waals surface area contributed by atoms with E-state index in [0.29, 0.717) is 11.7 Å². The van der Waals surface area contributed by atoms with E-state index < -0.39 is 0 Å². The van der Waals surface area contributed by atoms with Gasteiger partial charge in [-0.1, -0.05) is 0 Å². The van der Waals surface area contributed by atoms with Crippen LogP contribution in [0, 0.1) is 0 Å². The Balaban J connectivity index is 1.56. The smallest absolute Gasteiger partial charge is 0.293 e. The number of nitrogens with one attached hydrogen (secondary N) is 1. The number of rotatable bonds is 5. The van der Waals surface area contributed by atoms with Gasteiger partial charge in [0.2, 0.25) is 5.82 Å². The largest absolute Gasteiger partial charge is 0.383 e. The Kier molecular flexibility index (Phi) is 4.50. The highest BCUT2D eigenvalue weighted by Crippen LogP contribution is 2.37. The number of methoxy groups -OCH3 is 1. The molecule has 2 heterocycles. The number of carbonyl (C=O) groups excluding carboxylic acids is 1. The Bertz CT molecular complexity index is 485. The normalized spacial score (nSPS) is 20.5. The van der Waals surface area contributed by atoms with Gasteiger partial charge >= 0.3 is 0 Å². The lowest BCUT2D eigenvalue weighted by atomic mass is 10.3. The van der Waals surface area contributed by atoms with Crippen molar-refractivity contribution in [3.8, 4) is 0 Å². The highest BCUT2D eigenvalue weighted by molar-refractivity contribution is 5.90. The number of nitrogens with zero attached hydrogens (tertiary/aromatic N) is 4. The maximum atomic E-state index is 12.5. The van der Waals surface area contributed by atoms with Gasteiger partial charge in [0.15, 0.2) is 0 Å². The van der Waals surface area contributed by atoms with Crippen LogP contribution in [0.3, 0.4) is 0 Å². The maximum absolute atomic E-state index is 12.5. The fraction of sp³-hybridized carbons (Fsp3) is 0.786. The van der Waals surface area contributed by atoms with Gasteiger partial charge in [-0.15, -0.1) is 5.10 Å². The van der Waals surface area contributed by atoms with Crippen LogP contribution in [-0.4, -0.2) is 77.3 Å². The van der Waals surface area contributed by atoms with Crippen LogP contribution in [0.25, 0.3) is 0 Å². The van der Waals surface area contributed by atoms with Crippen molar-refractivity contribution in [2.24, 2.45) is 0 Å². The Morgan fingerprint density at radius 1 is 1.33 bits per heavy atom. The molecule has 0 atom stereocenters. The zero-order valence-electron chi connectivity index (χ0n) is 12.5. The molecule has 1 saturated carbocycles. The molecule has 0 aromatic carbocycles. The minimum Gasteiger partial charge on any atom is -0.383 e. The summed E-state index contributed by atoms with van der Waals surface area (Å²) in [5.41, 5.74) is 0. The molecule has 2 aliphatic rings. The summed E-state index contributed by atoms with van der Waals surface area (Å²) in [6.45, 7) is 5.06. The van der Waals surface area contributed by atoms with Crippen LogP contribution in [0.5, 0.6) is 0 Å². The van der Waals surface area contributed by atoms with E-state index in [-0.39, 0.29) is 5.91 Å². The molecule has 1 amide bonds. The molecule has 3 rings (SSSR count). The Morgan fingerprint density at radius 3 is 2.95 bits per heavy atom. The van der Waals surface area contributed by atoms with Crippen molar-refractivity contribution in [3.63, 3.8) is 0 Å². The van der Waals surface area contributed by atoms with Crippen molar-refractivity contribution in [3.05, 3.63) is 11.6 Å². The van der Waals surface area contributed by atoms with Gasteiger partial charge in [0, 0.05) is 39.2 Å². The molecule has 1 saturated heterocycles. The molecule has 0 unspecified atom stereocenters. The van der Waals surface area contributed by atoms with Gasteiger partial charge in [-0.25, -0.2) is 4.98 Å². The highest BCUT2D eigenvalue weighted by Gasteiger charge is 2.29. The number of H-pyrrole nitrogens is 1. The topological polar surface area (TPSA) is 74.3 Å². The summed E-state index contributed by atoms with van der Waals surface area (Å²) >= 11 is 0. The molecule has 21 heavy (non-hydrogen) atoms. The number of amides is 1. The van der Waals surface area contributed by atoms with Crippen LogP contribution in [0.15, 0.2) is 0 Å². The number of hydrogen-bond donors (Lipinski definition) is 1. The van der Waals surface area contributed by atoms with Crippen LogP contribution in [0.1, 0.15) is 41.6 Å². The Morgan fingerprint density at radius 2 is 2.19 bits per heavy atom. The molecule has 0 spiro atoms. The molecule has 1 aliphatic carbocycles. The summed E-state index contributed by atoms with van der Waals surface area (Å²) in [6, 6.07) is 0. The maximum Gasteiger partial charge on any atom is 0.293 e. The molecule has 1 aromatic rings. The summed E-state index contributed by atoms with van der Waals surface area (Å²) in [7, 11) is 1.72. The number of ether oxygens (including phenoxy) is 1. The van der Waals surface area contributed by atoms with Gasteiger partial charge < -0.3 is 9.64 Å². The van der Waals surface area contributed by atoms with Crippen LogP contribution in [0.4, 0.5) is 0 Å². The monoisotopic (exact) mass is 293 g/mol. The van der Waals surface area contributed by atoms with E-state index in [1.165, 1.54) is 0 Å². The predicted octanol–water partition coefficient (Wildman–Crippen LogP) is 0.476. The molecule has 1 aliphatic heterocycles. The van der Waals surface area contributed by atoms with Crippen LogP contribution >= 0.6 is 0 Å². The summed E-state index contributed by atoms with van der Waals surface area (Å²) in [4.78, 5) is 21.0. The van der Waals surface area contributed by atoms with E-state index >= 15 is 0 Å². The lowest BCUT2D eigenvalue weighted by Gasteiger charge is -2.20. The van der Waals surface area contributed by atoms with Crippen LogP contribution in [0.2, 0.25) is 0 Å². The number of aromatic nitrogens is 3. The molecular weight excluding hydrogens is 270 g/mol. The van der Waals surface area contributed by atoms with Gasteiger partial charge in [0.25, 0.3) is 5.91 Å². The average molecular weight is 293 g/mol. The SMILES string of the molecule is COCCN1CCCN(C(=O)c2n[nH]c(C3CC3)n2)CC1. The fourth-order valence-corrected chi connectivity index (χ4v) is 2.67. The van der Waals surface area contributed by atoms with Crippen molar-refractivity contribution in [2.45, 2.75) is 25.2 Å². The van der Waals surface area contributed by atoms with E-state index in [4.69, 9.17) is 4.74 Å². The first-order chi connectivity index (χ1) is 10.3. The Hall–Kier alpha value is -1.47. The van der Waals surface area contributed by atoms with Gasteiger partial charge in [-0.2, -0.15) is 0 Å². The summed E-state index contributed by atoms with van der Waals surface area (Å²) in [6.07, 6.45) is 3.29. The lowest BCUT2D eigenvalue weighted by molar-refractivity contribution is 0.0747. The van der Waals surface area contributed by atoms with E-state index in [9.17, 15) is 4.79 Å². The second kappa shape index (κ2) is 6.53. The zero-order valence-corrected chi connectivity index (χ0v) is 12.5. The molecule has 116 valence electrons. The first-order valence-corrected chi connectivity index (χ1v) is 7.71. The van der Waals surface area contributed by atoms with Crippen LogP contribution in [-0.2, 0) is 4.74 Å². The zero-order chi connectivity index (χ0) is 14.7. The minimum atomic E-state index is -0.0493. The van der Waals surface area contributed by atoms with E-state index in [1.54, 1.807) is 7.11 Å². The molecule has 7 heteroatoms. The third kappa shape index (κ3) is 3.59. The minimum absolute atomic E-state index is 0.0493. The number of hydrogen-bond acceptors (Lipinski definition) is 5. The van der Waals surface area contributed by atoms with Gasteiger partial charge in [0.05, 0.1) is 6.61 Å². The van der Waals surface area contributed by atoms with E-state index in [1.807, 2.05) is 4.90 Å². The lowest BCUT2D eigenvalue weighted by Crippen LogP contribution is -2.36. The molecule has 0 bridgehead atoms. The fourth-order valence-electron chi connectivity index (χ4n) is 2.67. The van der Waals surface area contributed by atoms with Crippen LogP contribution < -0.4 is 0 Å². The average Bonchev–Trinajstić information content (AvgIpc) is 3.28. The molecular formula is C14H23N5O2. The van der Waals surface area contributed by atoms with Crippen molar-refractivity contribution < 1.29 is 9.53 Å². The summed E-state index contributed by atoms with van der Waals surface area (Å²) in [5, 5.41) is 7.00. The van der Waals surface area contributed by atoms with Crippen molar-refractivity contribution in [1.29, 1.82) is 0 Å². The predicted molar refractivity (Wildman–Crippen MR) is 77.2 cm³/mol. The first kappa shape index (κ1) is 14.5.